The molecule has 0 atom stereocenters. The maximum atomic E-state index is 8.77. The van der Waals surface area contributed by atoms with Gasteiger partial charge in [0, 0.05) is 18.4 Å². The Bertz CT molecular complexity index is 601. The molecule has 2 aromatic rings. The van der Waals surface area contributed by atoms with Crippen molar-refractivity contribution in [3.63, 3.8) is 0 Å². The second kappa shape index (κ2) is 7.85. The van der Waals surface area contributed by atoms with Crippen LogP contribution in [0.1, 0.15) is 31.7 Å². The summed E-state index contributed by atoms with van der Waals surface area (Å²) in [5.41, 5.74) is 1.49. The van der Waals surface area contributed by atoms with Crippen molar-refractivity contribution in [3.05, 3.63) is 42.1 Å². The van der Waals surface area contributed by atoms with E-state index in [1.54, 1.807) is 18.3 Å². The van der Waals surface area contributed by atoms with E-state index in [1.165, 1.54) is 12.8 Å². The van der Waals surface area contributed by atoms with E-state index in [4.69, 9.17) is 5.26 Å². The first-order valence-corrected chi connectivity index (χ1v) is 7.16. The second-order valence-electron chi connectivity index (χ2n) is 4.71. The van der Waals surface area contributed by atoms with Crippen LogP contribution in [0.15, 0.2) is 36.5 Å². The highest BCUT2D eigenvalue weighted by atomic mass is 15.1. The lowest BCUT2D eigenvalue weighted by Gasteiger charge is -2.08. The van der Waals surface area contributed by atoms with E-state index < -0.39 is 0 Å². The monoisotopic (exact) mass is 281 g/mol. The fraction of sp³-hybridized carbons (Fsp3) is 0.312. The molecule has 108 valence electrons. The van der Waals surface area contributed by atoms with E-state index in [9.17, 15) is 0 Å². The maximum Gasteiger partial charge on any atom is 0.229 e. The van der Waals surface area contributed by atoms with Gasteiger partial charge < -0.3 is 10.6 Å². The standard InChI is InChI=1S/C16H19N5/c1-2-3-4-10-18-15-9-11-19-16(21-15)20-14-7-5-13(12-17)6-8-14/h5-9,11H,2-4,10H2,1H3,(H2,18,19,20,21). The van der Waals surface area contributed by atoms with Crippen LogP contribution in [0.5, 0.6) is 0 Å². The van der Waals surface area contributed by atoms with E-state index in [0.29, 0.717) is 11.5 Å². The quantitative estimate of drug-likeness (QED) is 0.757. The predicted octanol–water partition coefficient (Wildman–Crippen LogP) is 3.69. The van der Waals surface area contributed by atoms with Crippen LogP contribution in [0.2, 0.25) is 0 Å². The lowest BCUT2D eigenvalue weighted by atomic mass is 10.2. The zero-order valence-electron chi connectivity index (χ0n) is 12.1. The lowest BCUT2D eigenvalue weighted by Crippen LogP contribution is -2.05. The molecule has 0 unspecified atom stereocenters. The lowest BCUT2D eigenvalue weighted by molar-refractivity contribution is 0.742. The highest BCUT2D eigenvalue weighted by Crippen LogP contribution is 2.14. The summed E-state index contributed by atoms with van der Waals surface area (Å²) < 4.78 is 0. The summed E-state index contributed by atoms with van der Waals surface area (Å²) in [6.45, 7) is 3.10. The first kappa shape index (κ1) is 14.8. The minimum absolute atomic E-state index is 0.542. The van der Waals surface area contributed by atoms with E-state index in [2.05, 4.69) is 33.6 Å². The van der Waals surface area contributed by atoms with Crippen LogP contribution >= 0.6 is 0 Å². The molecule has 0 saturated heterocycles. The number of nitriles is 1. The summed E-state index contributed by atoms with van der Waals surface area (Å²) >= 11 is 0. The Kier molecular flexibility index (Phi) is 5.53. The summed E-state index contributed by atoms with van der Waals surface area (Å²) in [6, 6.07) is 11.1. The summed E-state index contributed by atoms with van der Waals surface area (Å²) in [5, 5.41) is 15.2. The first-order valence-electron chi connectivity index (χ1n) is 7.16. The van der Waals surface area contributed by atoms with Gasteiger partial charge in [0.25, 0.3) is 0 Å². The van der Waals surface area contributed by atoms with Crippen LogP contribution in [0.4, 0.5) is 17.5 Å². The minimum Gasteiger partial charge on any atom is -0.370 e. The molecule has 2 N–H and O–H groups in total. The third-order valence-corrected chi connectivity index (χ3v) is 3.01. The average molecular weight is 281 g/mol. The third-order valence-electron chi connectivity index (χ3n) is 3.01. The third kappa shape index (κ3) is 4.77. The molecule has 0 fully saturated rings. The van der Waals surface area contributed by atoms with Crippen LogP contribution in [-0.2, 0) is 0 Å². The zero-order chi connectivity index (χ0) is 14.9. The van der Waals surface area contributed by atoms with Crippen LogP contribution in [0.25, 0.3) is 0 Å². The van der Waals surface area contributed by atoms with Gasteiger partial charge in [-0.1, -0.05) is 19.8 Å². The molecule has 1 aromatic heterocycles. The van der Waals surface area contributed by atoms with Crippen molar-refractivity contribution in [2.75, 3.05) is 17.2 Å². The molecule has 1 aromatic carbocycles. The Morgan fingerprint density at radius 1 is 1.14 bits per heavy atom. The molecule has 5 nitrogen and oxygen atoms in total. The van der Waals surface area contributed by atoms with Crippen molar-refractivity contribution in [2.24, 2.45) is 0 Å². The molecular weight excluding hydrogens is 262 g/mol. The molecule has 0 aliphatic rings. The Hall–Kier alpha value is -2.61. The number of aromatic nitrogens is 2. The van der Waals surface area contributed by atoms with Gasteiger partial charge in [-0.05, 0) is 36.8 Å². The van der Waals surface area contributed by atoms with Crippen molar-refractivity contribution in [2.45, 2.75) is 26.2 Å². The molecule has 5 heteroatoms. The number of benzene rings is 1. The molecule has 2 rings (SSSR count). The molecule has 0 amide bonds. The van der Waals surface area contributed by atoms with E-state index in [0.717, 1.165) is 24.5 Å². The van der Waals surface area contributed by atoms with Crippen LogP contribution in [0.3, 0.4) is 0 Å². The topological polar surface area (TPSA) is 73.6 Å². The Morgan fingerprint density at radius 2 is 1.95 bits per heavy atom. The molecule has 0 spiro atoms. The Labute approximate surface area is 125 Å². The van der Waals surface area contributed by atoms with Gasteiger partial charge in [0.1, 0.15) is 5.82 Å². The minimum atomic E-state index is 0.542. The van der Waals surface area contributed by atoms with Crippen molar-refractivity contribution in [1.82, 2.24) is 9.97 Å². The molecule has 0 saturated carbocycles. The molecule has 0 aliphatic heterocycles. The van der Waals surface area contributed by atoms with Crippen LogP contribution in [0, 0.1) is 11.3 Å². The number of hydrogen-bond donors (Lipinski definition) is 2. The van der Waals surface area contributed by atoms with Crippen molar-refractivity contribution in [1.29, 1.82) is 5.26 Å². The Morgan fingerprint density at radius 3 is 2.67 bits per heavy atom. The van der Waals surface area contributed by atoms with E-state index >= 15 is 0 Å². The number of nitrogens with zero attached hydrogens (tertiary/aromatic N) is 3. The molecule has 1 heterocycles. The van der Waals surface area contributed by atoms with Gasteiger partial charge in [0.15, 0.2) is 0 Å². The van der Waals surface area contributed by atoms with Gasteiger partial charge in [-0.25, -0.2) is 4.98 Å². The van der Waals surface area contributed by atoms with Gasteiger partial charge in [0.05, 0.1) is 11.6 Å². The number of rotatable bonds is 7. The van der Waals surface area contributed by atoms with Gasteiger partial charge in [-0.2, -0.15) is 10.2 Å². The number of nitrogens with one attached hydrogen (secondary N) is 2. The van der Waals surface area contributed by atoms with E-state index in [-0.39, 0.29) is 0 Å². The van der Waals surface area contributed by atoms with Gasteiger partial charge in [0.2, 0.25) is 5.95 Å². The van der Waals surface area contributed by atoms with Gasteiger partial charge in [-0.3, -0.25) is 0 Å². The smallest absolute Gasteiger partial charge is 0.229 e. The molecule has 0 radical (unpaired) electrons. The number of hydrogen-bond acceptors (Lipinski definition) is 5. The first-order chi connectivity index (χ1) is 10.3. The van der Waals surface area contributed by atoms with Gasteiger partial charge in [-0.15, -0.1) is 0 Å². The largest absolute Gasteiger partial charge is 0.370 e. The second-order valence-corrected chi connectivity index (χ2v) is 4.71. The fourth-order valence-corrected chi connectivity index (χ4v) is 1.87. The predicted molar refractivity (Wildman–Crippen MR) is 84.5 cm³/mol. The zero-order valence-corrected chi connectivity index (χ0v) is 12.1. The molecule has 0 bridgehead atoms. The van der Waals surface area contributed by atoms with Crippen LogP contribution in [-0.4, -0.2) is 16.5 Å². The number of unbranched alkanes of at least 4 members (excludes halogenated alkanes) is 2. The molecule has 0 aliphatic carbocycles. The summed E-state index contributed by atoms with van der Waals surface area (Å²) in [5.74, 6) is 1.36. The summed E-state index contributed by atoms with van der Waals surface area (Å²) in [4.78, 5) is 8.60. The van der Waals surface area contributed by atoms with E-state index in [1.807, 2.05) is 18.2 Å². The van der Waals surface area contributed by atoms with Crippen molar-refractivity contribution < 1.29 is 0 Å². The highest BCUT2D eigenvalue weighted by molar-refractivity contribution is 5.56. The van der Waals surface area contributed by atoms with Crippen LogP contribution < -0.4 is 10.6 Å². The summed E-state index contributed by atoms with van der Waals surface area (Å²) in [6.07, 6.45) is 5.28. The highest BCUT2D eigenvalue weighted by Gasteiger charge is 2.00. The normalized spacial score (nSPS) is 9.90. The average Bonchev–Trinajstić information content (AvgIpc) is 2.53. The van der Waals surface area contributed by atoms with Crippen molar-refractivity contribution in [3.8, 4) is 6.07 Å². The van der Waals surface area contributed by atoms with Gasteiger partial charge >= 0.3 is 0 Å². The van der Waals surface area contributed by atoms with Crippen molar-refractivity contribution >= 4 is 17.5 Å². The molecule has 21 heavy (non-hydrogen) atoms. The molecular formula is C16H19N5. The SMILES string of the molecule is CCCCCNc1ccnc(Nc2ccc(C#N)cc2)n1. The maximum absolute atomic E-state index is 8.77. The fourth-order valence-electron chi connectivity index (χ4n) is 1.87. The Balaban J connectivity index is 1.95. The number of anilines is 3. The summed E-state index contributed by atoms with van der Waals surface area (Å²) in [7, 11) is 0.